The van der Waals surface area contributed by atoms with Crippen molar-refractivity contribution in [2.75, 3.05) is 7.05 Å². The van der Waals surface area contributed by atoms with E-state index >= 15 is 0 Å². The first-order valence-corrected chi connectivity index (χ1v) is 6.39. The van der Waals surface area contributed by atoms with Gasteiger partial charge >= 0.3 is 0 Å². The lowest BCUT2D eigenvalue weighted by molar-refractivity contribution is 0.544. The van der Waals surface area contributed by atoms with Crippen molar-refractivity contribution in [1.29, 1.82) is 0 Å². The molecular formula is C15H17N3O. The van der Waals surface area contributed by atoms with E-state index in [2.05, 4.69) is 28.6 Å². The van der Waals surface area contributed by atoms with Crippen molar-refractivity contribution in [3.8, 4) is 0 Å². The van der Waals surface area contributed by atoms with E-state index in [9.17, 15) is 0 Å². The fraction of sp³-hybridized carbons (Fsp3) is 0.267. The topological polar surface area (TPSA) is 43.0 Å². The van der Waals surface area contributed by atoms with Crippen LogP contribution in [0.1, 0.15) is 17.3 Å². The summed E-state index contributed by atoms with van der Waals surface area (Å²) in [4.78, 5) is 0. The first-order valence-electron chi connectivity index (χ1n) is 6.39. The van der Waals surface area contributed by atoms with Gasteiger partial charge in [-0.25, -0.2) is 0 Å². The number of rotatable bonds is 4. The minimum absolute atomic E-state index is 0.184. The Morgan fingerprint density at radius 1 is 1.32 bits per heavy atom. The zero-order valence-corrected chi connectivity index (χ0v) is 11.1. The van der Waals surface area contributed by atoms with Gasteiger partial charge < -0.3 is 9.73 Å². The number of furan rings is 1. The zero-order chi connectivity index (χ0) is 13.2. The molecule has 2 aromatic heterocycles. The van der Waals surface area contributed by atoms with Crippen molar-refractivity contribution >= 4 is 10.9 Å². The van der Waals surface area contributed by atoms with Crippen LogP contribution in [0.5, 0.6) is 0 Å². The Bertz CT molecular complexity index is 670. The van der Waals surface area contributed by atoms with Gasteiger partial charge in [0.1, 0.15) is 0 Å². The number of para-hydroxylation sites is 1. The van der Waals surface area contributed by atoms with E-state index in [1.165, 1.54) is 10.9 Å². The highest BCUT2D eigenvalue weighted by atomic mass is 16.3. The molecule has 1 N–H and O–H groups in total. The molecule has 4 nitrogen and oxygen atoms in total. The van der Waals surface area contributed by atoms with Crippen molar-refractivity contribution in [2.24, 2.45) is 7.05 Å². The van der Waals surface area contributed by atoms with E-state index in [0.717, 1.165) is 17.6 Å². The highest BCUT2D eigenvalue weighted by molar-refractivity contribution is 5.82. The predicted molar refractivity (Wildman–Crippen MR) is 74.9 cm³/mol. The van der Waals surface area contributed by atoms with Gasteiger partial charge in [0, 0.05) is 12.4 Å². The van der Waals surface area contributed by atoms with Crippen LogP contribution in [0.15, 0.2) is 47.3 Å². The summed E-state index contributed by atoms with van der Waals surface area (Å²) in [6.07, 6.45) is 4.36. The molecule has 0 amide bonds. The molecule has 4 heteroatoms. The maximum absolute atomic E-state index is 5.14. The van der Waals surface area contributed by atoms with Gasteiger partial charge in [0.25, 0.3) is 0 Å². The number of hydrogen-bond acceptors (Lipinski definition) is 3. The molecule has 3 rings (SSSR count). The number of likely N-dealkylation sites (N-methyl/N-ethyl adjacent to an activating group) is 1. The molecule has 0 aliphatic carbocycles. The second-order valence-electron chi connectivity index (χ2n) is 4.70. The lowest BCUT2D eigenvalue weighted by Gasteiger charge is -2.13. The van der Waals surface area contributed by atoms with Crippen molar-refractivity contribution < 1.29 is 4.42 Å². The summed E-state index contributed by atoms with van der Waals surface area (Å²) in [7, 11) is 3.95. The molecule has 98 valence electrons. The summed E-state index contributed by atoms with van der Waals surface area (Å²) < 4.78 is 7.07. The number of benzene rings is 1. The summed E-state index contributed by atoms with van der Waals surface area (Å²) in [6.45, 7) is 0. The molecule has 0 saturated heterocycles. The van der Waals surface area contributed by atoms with Gasteiger partial charge in [0.15, 0.2) is 0 Å². The Balaban J connectivity index is 2.01. The fourth-order valence-electron chi connectivity index (χ4n) is 2.48. The van der Waals surface area contributed by atoms with Crippen LogP contribution in [0.2, 0.25) is 0 Å². The van der Waals surface area contributed by atoms with Crippen molar-refractivity contribution in [3.05, 3.63) is 54.1 Å². The van der Waals surface area contributed by atoms with Crippen molar-refractivity contribution in [3.63, 3.8) is 0 Å². The molecule has 0 radical (unpaired) electrons. The molecule has 0 bridgehead atoms. The van der Waals surface area contributed by atoms with Crippen molar-refractivity contribution in [2.45, 2.75) is 12.5 Å². The van der Waals surface area contributed by atoms with Gasteiger partial charge in [-0.2, -0.15) is 5.10 Å². The normalized spacial score (nSPS) is 12.9. The minimum Gasteiger partial charge on any atom is -0.472 e. The largest absolute Gasteiger partial charge is 0.472 e. The quantitative estimate of drug-likeness (QED) is 0.779. The van der Waals surface area contributed by atoms with E-state index in [0.29, 0.717) is 0 Å². The predicted octanol–water partition coefficient (Wildman–Crippen LogP) is 2.67. The van der Waals surface area contributed by atoms with Crippen LogP contribution in [0.4, 0.5) is 0 Å². The Morgan fingerprint density at radius 3 is 2.89 bits per heavy atom. The third-order valence-corrected chi connectivity index (χ3v) is 3.48. The number of nitrogens with zero attached hydrogens (tertiary/aromatic N) is 2. The van der Waals surface area contributed by atoms with Gasteiger partial charge in [0.05, 0.1) is 29.8 Å². The third-order valence-electron chi connectivity index (χ3n) is 3.48. The maximum Gasteiger partial charge on any atom is 0.0935 e. The van der Waals surface area contributed by atoms with E-state index in [-0.39, 0.29) is 6.04 Å². The fourth-order valence-corrected chi connectivity index (χ4v) is 2.48. The molecular weight excluding hydrogens is 238 g/mol. The average Bonchev–Trinajstić information content (AvgIpc) is 3.05. The standard InChI is InChI=1S/C15H17N3O/c1-16-13(9-11-7-8-19-10-11)15-12-5-3-4-6-14(12)18(2)17-15/h3-8,10,13,16H,9H2,1-2H3. The summed E-state index contributed by atoms with van der Waals surface area (Å²) in [5.74, 6) is 0. The molecule has 1 aromatic carbocycles. The second-order valence-corrected chi connectivity index (χ2v) is 4.70. The Hall–Kier alpha value is -2.07. The molecule has 1 unspecified atom stereocenters. The van der Waals surface area contributed by atoms with E-state index in [1.54, 1.807) is 12.5 Å². The first kappa shape index (κ1) is 12.0. The van der Waals surface area contributed by atoms with Crippen LogP contribution in [0.3, 0.4) is 0 Å². The molecule has 1 atom stereocenters. The number of aromatic nitrogens is 2. The van der Waals surface area contributed by atoms with Crippen LogP contribution in [0, 0.1) is 0 Å². The molecule has 0 saturated carbocycles. The molecule has 2 heterocycles. The van der Waals surface area contributed by atoms with Gasteiger partial charge in [-0.05, 0) is 31.2 Å². The highest BCUT2D eigenvalue weighted by Gasteiger charge is 2.18. The maximum atomic E-state index is 5.14. The molecule has 0 spiro atoms. The van der Waals surface area contributed by atoms with Gasteiger partial charge in [-0.1, -0.05) is 18.2 Å². The monoisotopic (exact) mass is 255 g/mol. The van der Waals surface area contributed by atoms with E-state index in [1.807, 2.05) is 30.9 Å². The highest BCUT2D eigenvalue weighted by Crippen LogP contribution is 2.25. The van der Waals surface area contributed by atoms with E-state index in [4.69, 9.17) is 4.42 Å². The van der Waals surface area contributed by atoms with Crippen LogP contribution < -0.4 is 5.32 Å². The molecule has 0 fully saturated rings. The van der Waals surface area contributed by atoms with Crippen LogP contribution >= 0.6 is 0 Å². The number of hydrogen-bond donors (Lipinski definition) is 1. The number of fused-ring (bicyclic) bond motifs is 1. The summed E-state index contributed by atoms with van der Waals surface area (Å²) in [5.41, 5.74) is 3.42. The van der Waals surface area contributed by atoms with Gasteiger partial charge in [-0.15, -0.1) is 0 Å². The van der Waals surface area contributed by atoms with Gasteiger partial charge in [0.2, 0.25) is 0 Å². The molecule has 3 aromatic rings. The van der Waals surface area contributed by atoms with Crippen molar-refractivity contribution in [1.82, 2.24) is 15.1 Å². The number of aryl methyl sites for hydroxylation is 1. The van der Waals surface area contributed by atoms with Crippen LogP contribution in [0.25, 0.3) is 10.9 Å². The number of nitrogens with one attached hydrogen (secondary N) is 1. The zero-order valence-electron chi connectivity index (χ0n) is 11.1. The SMILES string of the molecule is CNC(Cc1ccoc1)c1nn(C)c2ccccc12. The summed E-state index contributed by atoms with van der Waals surface area (Å²) >= 11 is 0. The molecule has 0 aliphatic rings. The Morgan fingerprint density at radius 2 is 2.16 bits per heavy atom. The lowest BCUT2D eigenvalue weighted by atomic mass is 10.0. The Kier molecular flexibility index (Phi) is 3.09. The third kappa shape index (κ3) is 2.15. The average molecular weight is 255 g/mol. The first-order chi connectivity index (χ1) is 9.29. The Labute approximate surface area is 112 Å². The van der Waals surface area contributed by atoms with Gasteiger partial charge in [-0.3, -0.25) is 4.68 Å². The summed E-state index contributed by atoms with van der Waals surface area (Å²) in [6, 6.07) is 10.5. The second kappa shape index (κ2) is 4.90. The minimum atomic E-state index is 0.184. The smallest absolute Gasteiger partial charge is 0.0935 e. The molecule has 0 aliphatic heterocycles. The van der Waals surface area contributed by atoms with E-state index < -0.39 is 0 Å². The summed E-state index contributed by atoms with van der Waals surface area (Å²) in [5, 5.41) is 9.21. The van der Waals surface area contributed by atoms with Crippen LogP contribution in [-0.2, 0) is 13.5 Å². The van der Waals surface area contributed by atoms with Crippen LogP contribution in [-0.4, -0.2) is 16.8 Å². The molecule has 19 heavy (non-hydrogen) atoms. The lowest BCUT2D eigenvalue weighted by Crippen LogP contribution is -2.19.